The molecule has 0 fully saturated rings. The lowest BCUT2D eigenvalue weighted by Crippen LogP contribution is -2.12. The third kappa shape index (κ3) is 3.92. The van der Waals surface area contributed by atoms with Gasteiger partial charge in [-0.15, -0.1) is 11.3 Å². The Morgan fingerprint density at radius 2 is 2.26 bits per heavy atom. The van der Waals surface area contributed by atoms with E-state index in [-0.39, 0.29) is 11.9 Å². The van der Waals surface area contributed by atoms with E-state index in [0.29, 0.717) is 17.0 Å². The molecule has 4 nitrogen and oxygen atoms in total. The fourth-order valence-corrected chi connectivity index (χ4v) is 2.87. The van der Waals surface area contributed by atoms with E-state index in [1.54, 1.807) is 11.4 Å². The summed E-state index contributed by atoms with van der Waals surface area (Å²) in [6.45, 7) is 0. The minimum atomic E-state index is -0.383. The SMILES string of the molecule is COC(=O)c1csc(NC(=O)CC2=CCCCC2)c1. The fraction of sp³-hybridized carbons (Fsp3) is 0.429. The molecule has 5 heteroatoms. The van der Waals surface area contributed by atoms with Crippen LogP contribution in [0, 0.1) is 0 Å². The molecule has 0 radical (unpaired) electrons. The van der Waals surface area contributed by atoms with Crippen molar-refractivity contribution in [3.05, 3.63) is 28.7 Å². The highest BCUT2D eigenvalue weighted by atomic mass is 32.1. The van der Waals surface area contributed by atoms with Gasteiger partial charge in [-0.2, -0.15) is 0 Å². The summed E-state index contributed by atoms with van der Waals surface area (Å²) in [5, 5.41) is 5.18. The molecule has 0 aliphatic heterocycles. The van der Waals surface area contributed by atoms with Crippen molar-refractivity contribution >= 4 is 28.2 Å². The van der Waals surface area contributed by atoms with Crippen molar-refractivity contribution in [3.63, 3.8) is 0 Å². The van der Waals surface area contributed by atoms with Crippen LogP contribution in [0.1, 0.15) is 42.5 Å². The highest BCUT2D eigenvalue weighted by Gasteiger charge is 2.12. The van der Waals surface area contributed by atoms with Gasteiger partial charge >= 0.3 is 5.97 Å². The first-order chi connectivity index (χ1) is 9.19. The molecule has 1 aliphatic rings. The molecule has 0 saturated heterocycles. The summed E-state index contributed by atoms with van der Waals surface area (Å²) in [5.74, 6) is -0.404. The third-order valence-corrected chi connectivity index (χ3v) is 3.90. The van der Waals surface area contributed by atoms with Crippen molar-refractivity contribution in [1.29, 1.82) is 0 Å². The number of thiophene rings is 1. The van der Waals surface area contributed by atoms with E-state index in [4.69, 9.17) is 0 Å². The number of carbonyl (C=O) groups is 2. The quantitative estimate of drug-likeness (QED) is 0.679. The van der Waals surface area contributed by atoms with Gasteiger partial charge in [-0.1, -0.05) is 11.6 Å². The number of nitrogens with one attached hydrogen (secondary N) is 1. The zero-order valence-corrected chi connectivity index (χ0v) is 11.7. The van der Waals surface area contributed by atoms with E-state index < -0.39 is 0 Å². The number of methoxy groups -OCH3 is 1. The molecule has 0 saturated carbocycles. The standard InChI is InChI=1S/C14H17NO3S/c1-18-14(17)11-8-13(19-9-11)15-12(16)7-10-5-3-2-4-6-10/h5,8-9H,2-4,6-7H2,1H3,(H,15,16). The molecule has 19 heavy (non-hydrogen) atoms. The molecule has 0 unspecified atom stereocenters. The zero-order valence-electron chi connectivity index (χ0n) is 10.9. The molecule has 102 valence electrons. The molecule has 0 spiro atoms. The summed E-state index contributed by atoms with van der Waals surface area (Å²) in [4.78, 5) is 23.2. The molecular formula is C14H17NO3S. The Morgan fingerprint density at radius 3 is 2.95 bits per heavy atom. The van der Waals surface area contributed by atoms with Crippen LogP contribution in [0.25, 0.3) is 0 Å². The van der Waals surface area contributed by atoms with Crippen LogP contribution in [0.4, 0.5) is 5.00 Å². The maximum Gasteiger partial charge on any atom is 0.338 e. The first kappa shape index (κ1) is 13.8. The van der Waals surface area contributed by atoms with Gasteiger partial charge in [0.2, 0.25) is 5.91 Å². The van der Waals surface area contributed by atoms with Crippen molar-refractivity contribution < 1.29 is 14.3 Å². The van der Waals surface area contributed by atoms with Gasteiger partial charge in [0.25, 0.3) is 0 Å². The van der Waals surface area contributed by atoms with Crippen LogP contribution in [-0.2, 0) is 9.53 Å². The van der Waals surface area contributed by atoms with Crippen LogP contribution in [0.5, 0.6) is 0 Å². The van der Waals surface area contributed by atoms with Gasteiger partial charge in [-0.25, -0.2) is 4.79 Å². The van der Waals surface area contributed by atoms with E-state index in [9.17, 15) is 9.59 Å². The zero-order chi connectivity index (χ0) is 13.7. The van der Waals surface area contributed by atoms with Crippen molar-refractivity contribution in [2.45, 2.75) is 32.1 Å². The summed E-state index contributed by atoms with van der Waals surface area (Å²) >= 11 is 1.33. The van der Waals surface area contributed by atoms with Crippen LogP contribution < -0.4 is 5.32 Å². The van der Waals surface area contributed by atoms with Crippen molar-refractivity contribution in [1.82, 2.24) is 0 Å². The number of carbonyl (C=O) groups excluding carboxylic acids is 2. The summed E-state index contributed by atoms with van der Waals surface area (Å²) in [5.41, 5.74) is 1.69. The predicted molar refractivity (Wildman–Crippen MR) is 75.5 cm³/mol. The molecule has 0 aromatic carbocycles. The Kier molecular flexibility index (Phi) is 4.74. The summed E-state index contributed by atoms with van der Waals surface area (Å²) < 4.78 is 4.62. The van der Waals surface area contributed by atoms with Crippen LogP contribution >= 0.6 is 11.3 Å². The van der Waals surface area contributed by atoms with Crippen LogP contribution in [0.3, 0.4) is 0 Å². The number of esters is 1. The first-order valence-corrected chi connectivity index (χ1v) is 7.21. The maximum absolute atomic E-state index is 11.9. The fourth-order valence-electron chi connectivity index (χ4n) is 2.08. The predicted octanol–water partition coefficient (Wildman–Crippen LogP) is 3.36. The summed E-state index contributed by atoms with van der Waals surface area (Å²) in [6.07, 6.45) is 7.10. The normalized spacial score (nSPS) is 14.7. The maximum atomic E-state index is 11.9. The molecule has 0 atom stereocenters. The van der Waals surface area contributed by atoms with E-state index in [1.165, 1.54) is 36.9 Å². The lowest BCUT2D eigenvalue weighted by molar-refractivity contribution is -0.115. The van der Waals surface area contributed by atoms with Gasteiger partial charge < -0.3 is 10.1 Å². The second-order valence-electron chi connectivity index (χ2n) is 4.52. The lowest BCUT2D eigenvalue weighted by Gasteiger charge is -2.11. The topological polar surface area (TPSA) is 55.4 Å². The minimum absolute atomic E-state index is 0.0218. The number of amides is 1. The first-order valence-electron chi connectivity index (χ1n) is 6.33. The van der Waals surface area contributed by atoms with Crippen LogP contribution in [-0.4, -0.2) is 19.0 Å². The molecule has 1 amide bonds. The van der Waals surface area contributed by atoms with Gasteiger partial charge in [-0.05, 0) is 31.7 Å². The van der Waals surface area contributed by atoms with Crippen LogP contribution in [0.15, 0.2) is 23.1 Å². The smallest absolute Gasteiger partial charge is 0.338 e. The van der Waals surface area contributed by atoms with Crippen molar-refractivity contribution in [2.24, 2.45) is 0 Å². The largest absolute Gasteiger partial charge is 0.465 e. The Morgan fingerprint density at radius 1 is 1.42 bits per heavy atom. The summed E-state index contributed by atoms with van der Waals surface area (Å²) in [6, 6.07) is 1.64. The van der Waals surface area contributed by atoms with E-state index in [2.05, 4.69) is 16.1 Å². The average Bonchev–Trinajstić information content (AvgIpc) is 2.87. The molecule has 1 aliphatic carbocycles. The van der Waals surface area contributed by atoms with Gasteiger partial charge in [0.05, 0.1) is 17.7 Å². The number of hydrogen-bond acceptors (Lipinski definition) is 4. The van der Waals surface area contributed by atoms with Crippen molar-refractivity contribution in [2.75, 3.05) is 12.4 Å². The Bertz CT molecular complexity index is 505. The molecule has 2 rings (SSSR count). The third-order valence-electron chi connectivity index (χ3n) is 3.06. The molecule has 0 bridgehead atoms. The monoisotopic (exact) mass is 279 g/mol. The summed E-state index contributed by atoms with van der Waals surface area (Å²) in [7, 11) is 1.34. The second-order valence-corrected chi connectivity index (χ2v) is 5.44. The number of anilines is 1. The highest BCUT2D eigenvalue weighted by molar-refractivity contribution is 7.14. The van der Waals surface area contributed by atoms with Gasteiger partial charge in [-0.3, -0.25) is 4.79 Å². The number of allylic oxidation sites excluding steroid dienone is 1. The van der Waals surface area contributed by atoms with E-state index >= 15 is 0 Å². The molecule has 1 aromatic rings. The minimum Gasteiger partial charge on any atom is -0.465 e. The van der Waals surface area contributed by atoms with Gasteiger partial charge in [0.1, 0.15) is 0 Å². The van der Waals surface area contributed by atoms with Gasteiger partial charge in [0, 0.05) is 11.8 Å². The number of ether oxygens (including phenoxy) is 1. The molecular weight excluding hydrogens is 262 g/mol. The molecule has 1 aromatic heterocycles. The Balaban J connectivity index is 1.89. The molecule has 1 N–H and O–H groups in total. The Labute approximate surface area is 116 Å². The highest BCUT2D eigenvalue weighted by Crippen LogP contribution is 2.23. The number of hydrogen-bond donors (Lipinski definition) is 1. The molecule has 1 heterocycles. The Hall–Kier alpha value is -1.62. The van der Waals surface area contributed by atoms with E-state index in [1.807, 2.05) is 0 Å². The number of rotatable bonds is 4. The lowest BCUT2D eigenvalue weighted by atomic mass is 9.97. The second kappa shape index (κ2) is 6.52. The van der Waals surface area contributed by atoms with Gasteiger partial charge in [0.15, 0.2) is 0 Å². The van der Waals surface area contributed by atoms with Crippen LogP contribution in [0.2, 0.25) is 0 Å². The average molecular weight is 279 g/mol. The van der Waals surface area contributed by atoms with Crippen molar-refractivity contribution in [3.8, 4) is 0 Å². The van der Waals surface area contributed by atoms with E-state index in [0.717, 1.165) is 12.8 Å².